The minimum absolute atomic E-state index is 0.0584. The van der Waals surface area contributed by atoms with Crippen molar-refractivity contribution in [2.45, 2.75) is 68.3 Å². The number of hydrogen-bond acceptors (Lipinski definition) is 11. The van der Waals surface area contributed by atoms with Crippen molar-refractivity contribution < 1.29 is 54.7 Å². The first-order valence-corrected chi connectivity index (χ1v) is 10.3. The third-order valence-electron chi connectivity index (χ3n) is 4.98. The lowest BCUT2D eigenvalue weighted by atomic mass is 9.97. The van der Waals surface area contributed by atoms with Crippen molar-refractivity contribution in [3.8, 4) is 23.7 Å². The van der Waals surface area contributed by atoms with Crippen molar-refractivity contribution in [3.05, 3.63) is 24.3 Å². The molecule has 0 spiro atoms. The van der Waals surface area contributed by atoms with Gasteiger partial charge >= 0.3 is 0 Å². The van der Waals surface area contributed by atoms with E-state index < -0.39 is 74.6 Å². The van der Waals surface area contributed by atoms with Crippen LogP contribution in [0, 0.1) is 23.7 Å². The molecule has 0 amide bonds. The molecule has 33 heavy (non-hydrogen) atoms. The van der Waals surface area contributed by atoms with Crippen LogP contribution in [0.25, 0.3) is 0 Å². The molecule has 0 aromatic carbocycles. The van der Waals surface area contributed by atoms with Gasteiger partial charge in [-0.05, 0) is 30.9 Å². The van der Waals surface area contributed by atoms with Crippen molar-refractivity contribution >= 4 is 0 Å². The van der Waals surface area contributed by atoms with Crippen LogP contribution in [0.4, 0.5) is 0 Å². The van der Waals surface area contributed by atoms with Gasteiger partial charge in [-0.15, -0.1) is 0 Å². The molecule has 0 unspecified atom stereocenters. The van der Waals surface area contributed by atoms with Crippen LogP contribution in [0.5, 0.6) is 0 Å². The normalized spacial score (nSPS) is 39.2. The Labute approximate surface area is 191 Å². The molecule has 2 heterocycles. The van der Waals surface area contributed by atoms with Gasteiger partial charge in [-0.25, -0.2) is 0 Å². The average molecular weight is 470 g/mol. The fourth-order valence-corrected chi connectivity index (χ4v) is 3.17. The molecule has 2 aliphatic heterocycles. The van der Waals surface area contributed by atoms with E-state index in [2.05, 4.69) is 23.7 Å². The Bertz CT molecular complexity index is 775. The van der Waals surface area contributed by atoms with Gasteiger partial charge in [0.25, 0.3) is 0 Å². The van der Waals surface area contributed by atoms with Crippen LogP contribution < -0.4 is 0 Å². The highest BCUT2D eigenvalue weighted by molar-refractivity contribution is 5.33. The zero-order valence-corrected chi connectivity index (χ0v) is 18.0. The zero-order valence-electron chi connectivity index (χ0n) is 18.0. The molecule has 0 radical (unpaired) electrons. The third-order valence-corrected chi connectivity index (χ3v) is 4.98. The number of aliphatic hydroxyl groups excluding tert-OH is 7. The molecule has 0 bridgehead atoms. The van der Waals surface area contributed by atoms with E-state index in [0.29, 0.717) is 0 Å². The summed E-state index contributed by atoms with van der Waals surface area (Å²) >= 11 is 0. The summed E-state index contributed by atoms with van der Waals surface area (Å²) in [6.45, 7) is 0.487. The number of aliphatic hydroxyl groups is 7. The molecule has 0 saturated carbocycles. The fraction of sp³-hybridized carbons (Fsp3) is 0.636. The van der Waals surface area contributed by atoms with Gasteiger partial charge in [0, 0.05) is 0 Å². The monoisotopic (exact) mass is 470 g/mol. The number of allylic oxidation sites excluding steroid dienone is 3. The van der Waals surface area contributed by atoms with Crippen LogP contribution in [0.2, 0.25) is 0 Å². The number of hydrogen-bond donors (Lipinski definition) is 7. The summed E-state index contributed by atoms with van der Waals surface area (Å²) in [5, 5.41) is 69.5. The zero-order chi connectivity index (χ0) is 24.4. The van der Waals surface area contributed by atoms with Crippen LogP contribution in [0.3, 0.4) is 0 Å². The minimum atomic E-state index is -1.73. The Morgan fingerprint density at radius 1 is 0.758 bits per heavy atom. The predicted molar refractivity (Wildman–Crippen MR) is 112 cm³/mol. The number of ether oxygens (including phenoxy) is 4. The molecule has 2 rings (SSSR count). The molecular weight excluding hydrogens is 440 g/mol. The van der Waals surface area contributed by atoms with E-state index in [0.717, 1.165) is 0 Å². The highest BCUT2D eigenvalue weighted by Gasteiger charge is 2.50. The first-order valence-electron chi connectivity index (χ1n) is 10.3. The maximum Gasteiger partial charge on any atom is 0.187 e. The van der Waals surface area contributed by atoms with Gasteiger partial charge in [0.2, 0.25) is 0 Å². The van der Waals surface area contributed by atoms with Gasteiger partial charge in [-0.2, -0.15) is 0 Å². The van der Waals surface area contributed by atoms with Crippen LogP contribution in [0.15, 0.2) is 24.3 Å². The van der Waals surface area contributed by atoms with Gasteiger partial charge in [-0.3, -0.25) is 0 Å². The SMILES string of the molecule is C/C=C/C#CC#C/C=C/CO[C@@H]1O[C@H](CO)[C@@H](O)[C@H](O)[C@H]1O[C@@H]1O[C@H](CO)[C@@H](O)[C@H](O)[C@H]1O. The fourth-order valence-electron chi connectivity index (χ4n) is 3.17. The third kappa shape index (κ3) is 7.32. The van der Waals surface area contributed by atoms with Gasteiger partial charge in [0.15, 0.2) is 12.6 Å². The van der Waals surface area contributed by atoms with Crippen LogP contribution in [-0.4, -0.2) is 117 Å². The standard InChI is InChI=1S/C22H30O11/c1-2-3-4-5-6-7-8-9-10-30-22-20(18(28)16(26)14(12-24)32-22)33-21-19(29)17(27)15(25)13(11-23)31-21/h2-3,8-9,13-29H,10-12H2,1H3/b3-2+,9-8+/t13-,14-,15-,16-,17+,18+,19-,20-,21+,22-/m1/s1. The second-order valence-corrected chi connectivity index (χ2v) is 7.28. The van der Waals surface area contributed by atoms with E-state index in [1.807, 2.05) is 6.92 Å². The van der Waals surface area contributed by atoms with E-state index in [1.54, 1.807) is 12.2 Å². The minimum Gasteiger partial charge on any atom is -0.394 e. The lowest BCUT2D eigenvalue weighted by molar-refractivity contribution is -0.366. The Kier molecular flexibility index (Phi) is 11.4. The predicted octanol–water partition coefficient (Wildman–Crippen LogP) is -3.23. The first kappa shape index (κ1) is 27.4. The maximum absolute atomic E-state index is 10.5. The van der Waals surface area contributed by atoms with E-state index in [4.69, 9.17) is 18.9 Å². The maximum atomic E-state index is 10.5. The van der Waals surface area contributed by atoms with Crippen molar-refractivity contribution in [1.82, 2.24) is 0 Å². The van der Waals surface area contributed by atoms with Gasteiger partial charge < -0.3 is 54.7 Å². The Hall–Kier alpha value is -1.84. The molecule has 0 aliphatic carbocycles. The van der Waals surface area contributed by atoms with Crippen molar-refractivity contribution in [1.29, 1.82) is 0 Å². The second kappa shape index (κ2) is 13.8. The smallest absolute Gasteiger partial charge is 0.187 e. The van der Waals surface area contributed by atoms with Crippen LogP contribution in [0.1, 0.15) is 6.92 Å². The van der Waals surface area contributed by atoms with Crippen molar-refractivity contribution in [2.75, 3.05) is 19.8 Å². The summed E-state index contributed by atoms with van der Waals surface area (Å²) in [4.78, 5) is 0. The highest BCUT2D eigenvalue weighted by atomic mass is 16.8. The molecule has 0 aromatic rings. The van der Waals surface area contributed by atoms with E-state index in [1.165, 1.54) is 12.2 Å². The van der Waals surface area contributed by atoms with E-state index >= 15 is 0 Å². The molecule has 2 aliphatic rings. The summed E-state index contributed by atoms with van der Waals surface area (Å²) in [5.74, 6) is 10.6. The Morgan fingerprint density at radius 2 is 1.33 bits per heavy atom. The first-order chi connectivity index (χ1) is 15.8. The molecular formula is C22H30O11. The Morgan fingerprint density at radius 3 is 1.94 bits per heavy atom. The molecule has 11 nitrogen and oxygen atoms in total. The summed E-state index contributed by atoms with van der Waals surface area (Å²) in [5.41, 5.74) is 0. The van der Waals surface area contributed by atoms with Crippen molar-refractivity contribution in [2.24, 2.45) is 0 Å². The van der Waals surface area contributed by atoms with Crippen molar-refractivity contribution in [3.63, 3.8) is 0 Å². The molecule has 2 saturated heterocycles. The Balaban J connectivity index is 2.08. The topological polar surface area (TPSA) is 179 Å². The molecule has 10 atom stereocenters. The lowest BCUT2D eigenvalue weighted by Crippen LogP contribution is -2.64. The van der Waals surface area contributed by atoms with Crippen LogP contribution >= 0.6 is 0 Å². The quantitative estimate of drug-likeness (QED) is 0.186. The molecule has 0 aromatic heterocycles. The van der Waals surface area contributed by atoms with Gasteiger partial charge in [0.05, 0.1) is 19.8 Å². The largest absolute Gasteiger partial charge is 0.394 e. The second-order valence-electron chi connectivity index (χ2n) is 7.28. The molecule has 11 heteroatoms. The van der Waals surface area contributed by atoms with Gasteiger partial charge in [0.1, 0.15) is 48.8 Å². The van der Waals surface area contributed by atoms with Crippen LogP contribution in [-0.2, 0) is 18.9 Å². The molecule has 2 fully saturated rings. The molecule has 7 N–H and O–H groups in total. The van der Waals surface area contributed by atoms with E-state index in [9.17, 15) is 35.7 Å². The summed E-state index contributed by atoms with van der Waals surface area (Å²) in [6, 6.07) is 0. The van der Waals surface area contributed by atoms with E-state index in [-0.39, 0.29) is 6.61 Å². The summed E-state index contributed by atoms with van der Waals surface area (Å²) in [7, 11) is 0. The summed E-state index contributed by atoms with van der Waals surface area (Å²) < 4.78 is 21.8. The average Bonchev–Trinajstić information content (AvgIpc) is 2.82. The van der Waals surface area contributed by atoms with Gasteiger partial charge in [-0.1, -0.05) is 24.0 Å². The highest BCUT2D eigenvalue weighted by Crippen LogP contribution is 2.29. The summed E-state index contributed by atoms with van der Waals surface area (Å²) in [6.07, 6.45) is -8.52. The lowest BCUT2D eigenvalue weighted by Gasteiger charge is -2.45. The number of rotatable bonds is 7. The molecule has 184 valence electrons.